The minimum absolute atomic E-state index is 0.168. The van der Waals surface area contributed by atoms with Gasteiger partial charge in [0.15, 0.2) is 0 Å². The third kappa shape index (κ3) is 9.54. The van der Waals surface area contributed by atoms with Crippen LogP contribution in [0.4, 0.5) is 0 Å². The lowest BCUT2D eigenvalue weighted by molar-refractivity contribution is -0.149. The van der Waals surface area contributed by atoms with Crippen LogP contribution in [0.15, 0.2) is 0 Å². The van der Waals surface area contributed by atoms with Crippen molar-refractivity contribution < 1.29 is 24.5 Å². The molecule has 0 aliphatic rings. The summed E-state index contributed by atoms with van der Waals surface area (Å²) in [7, 11) is 0. The molecule has 112 valence electrons. The number of nitrogens with two attached hydrogens (primary N) is 1. The third-order valence-corrected chi connectivity index (χ3v) is 2.54. The molecule has 0 rings (SSSR count). The van der Waals surface area contributed by atoms with Gasteiger partial charge in [-0.2, -0.15) is 0 Å². The first-order valence-electron chi connectivity index (χ1n) is 6.41. The normalized spacial score (nSPS) is 15.6. The fourth-order valence-corrected chi connectivity index (χ4v) is 1.32. The van der Waals surface area contributed by atoms with Gasteiger partial charge in [0.25, 0.3) is 0 Å². The summed E-state index contributed by atoms with van der Waals surface area (Å²) in [6.07, 6.45) is 1.78. The standard InChI is InChI=1S/C12H24N2O5/c1-9(6-15)14-5-3-2-4-11(13)12(18)19-8-10(17)7-16/h6,9-11,14,16-17H,2-5,7-8,13H2,1H3/t9?,10?,11-/m0/s1. The first-order valence-corrected chi connectivity index (χ1v) is 6.41. The molecular formula is C12H24N2O5. The van der Waals surface area contributed by atoms with Gasteiger partial charge in [-0.15, -0.1) is 0 Å². The molecule has 0 amide bonds. The van der Waals surface area contributed by atoms with E-state index in [9.17, 15) is 9.59 Å². The molecule has 0 bridgehead atoms. The van der Waals surface area contributed by atoms with Gasteiger partial charge in [0.1, 0.15) is 25.0 Å². The maximum Gasteiger partial charge on any atom is 0.322 e. The Morgan fingerprint density at radius 3 is 2.74 bits per heavy atom. The highest BCUT2D eigenvalue weighted by Gasteiger charge is 2.16. The molecular weight excluding hydrogens is 252 g/mol. The Labute approximate surface area is 113 Å². The van der Waals surface area contributed by atoms with E-state index in [2.05, 4.69) is 5.32 Å². The van der Waals surface area contributed by atoms with Crippen molar-refractivity contribution in [3.05, 3.63) is 0 Å². The smallest absolute Gasteiger partial charge is 0.322 e. The van der Waals surface area contributed by atoms with Crippen molar-refractivity contribution in [2.75, 3.05) is 19.8 Å². The fraction of sp³-hybridized carbons (Fsp3) is 0.833. The van der Waals surface area contributed by atoms with E-state index >= 15 is 0 Å². The zero-order valence-corrected chi connectivity index (χ0v) is 11.2. The number of esters is 1. The number of nitrogens with one attached hydrogen (secondary N) is 1. The minimum Gasteiger partial charge on any atom is -0.462 e. The van der Waals surface area contributed by atoms with E-state index in [-0.39, 0.29) is 12.6 Å². The van der Waals surface area contributed by atoms with Crippen molar-refractivity contribution in [1.82, 2.24) is 5.32 Å². The number of unbranched alkanes of at least 4 members (excludes halogenated alkanes) is 1. The zero-order chi connectivity index (χ0) is 14.7. The van der Waals surface area contributed by atoms with Crippen LogP contribution >= 0.6 is 0 Å². The highest BCUT2D eigenvalue weighted by atomic mass is 16.5. The molecule has 0 radical (unpaired) electrons. The Morgan fingerprint density at radius 2 is 2.16 bits per heavy atom. The van der Waals surface area contributed by atoms with Gasteiger partial charge >= 0.3 is 5.97 Å². The van der Waals surface area contributed by atoms with Crippen LogP contribution in [0, 0.1) is 0 Å². The van der Waals surface area contributed by atoms with Crippen LogP contribution in [0.3, 0.4) is 0 Å². The Kier molecular flexibility index (Phi) is 10.3. The van der Waals surface area contributed by atoms with E-state index in [0.29, 0.717) is 13.0 Å². The van der Waals surface area contributed by atoms with Crippen LogP contribution in [0.5, 0.6) is 0 Å². The van der Waals surface area contributed by atoms with Gasteiger partial charge in [-0.1, -0.05) is 6.42 Å². The van der Waals surface area contributed by atoms with Crippen molar-refractivity contribution in [3.63, 3.8) is 0 Å². The molecule has 0 saturated heterocycles. The molecule has 0 aromatic carbocycles. The molecule has 7 nitrogen and oxygen atoms in total. The van der Waals surface area contributed by atoms with Crippen LogP contribution in [-0.2, 0) is 14.3 Å². The average molecular weight is 276 g/mol. The summed E-state index contributed by atoms with van der Waals surface area (Å²) in [6, 6.07) is -0.895. The quantitative estimate of drug-likeness (QED) is 0.207. The minimum atomic E-state index is -1.06. The van der Waals surface area contributed by atoms with E-state index in [4.69, 9.17) is 20.7 Å². The summed E-state index contributed by atoms with van der Waals surface area (Å²) in [6.45, 7) is 1.75. The summed E-state index contributed by atoms with van der Waals surface area (Å²) in [4.78, 5) is 21.7. The number of hydrogen-bond acceptors (Lipinski definition) is 7. The second kappa shape index (κ2) is 10.9. The van der Waals surface area contributed by atoms with Crippen LogP contribution in [-0.4, -0.2) is 60.4 Å². The first-order chi connectivity index (χ1) is 9.01. The van der Waals surface area contributed by atoms with Crippen molar-refractivity contribution >= 4 is 12.3 Å². The van der Waals surface area contributed by atoms with Gasteiger partial charge < -0.3 is 30.8 Å². The zero-order valence-electron chi connectivity index (χ0n) is 11.2. The van der Waals surface area contributed by atoms with Gasteiger partial charge in [0.2, 0.25) is 0 Å². The number of ether oxygens (including phenoxy) is 1. The van der Waals surface area contributed by atoms with Crippen LogP contribution in [0.1, 0.15) is 26.2 Å². The largest absolute Gasteiger partial charge is 0.462 e. The van der Waals surface area contributed by atoms with Crippen molar-refractivity contribution in [3.8, 4) is 0 Å². The highest BCUT2D eigenvalue weighted by Crippen LogP contribution is 2.01. The summed E-state index contributed by atoms with van der Waals surface area (Å²) in [5.41, 5.74) is 5.62. The van der Waals surface area contributed by atoms with E-state index in [0.717, 1.165) is 19.1 Å². The number of aliphatic hydroxyl groups excluding tert-OH is 2. The Morgan fingerprint density at radius 1 is 1.47 bits per heavy atom. The molecule has 0 spiro atoms. The molecule has 3 atom stereocenters. The van der Waals surface area contributed by atoms with E-state index in [1.807, 2.05) is 0 Å². The summed E-state index contributed by atoms with van der Waals surface area (Å²) >= 11 is 0. The molecule has 19 heavy (non-hydrogen) atoms. The second-order valence-electron chi connectivity index (χ2n) is 4.45. The van der Waals surface area contributed by atoms with Gasteiger partial charge in [-0.05, 0) is 26.3 Å². The third-order valence-electron chi connectivity index (χ3n) is 2.54. The molecule has 0 heterocycles. The lowest BCUT2D eigenvalue weighted by atomic mass is 10.1. The summed E-state index contributed by atoms with van der Waals surface area (Å²) < 4.78 is 4.73. The number of aldehydes is 1. The Balaban J connectivity index is 3.59. The van der Waals surface area contributed by atoms with Crippen molar-refractivity contribution in [2.45, 2.75) is 44.4 Å². The summed E-state index contributed by atoms with van der Waals surface area (Å²) in [5.74, 6) is -0.582. The van der Waals surface area contributed by atoms with E-state index in [1.165, 1.54) is 0 Å². The van der Waals surface area contributed by atoms with Crippen LogP contribution < -0.4 is 11.1 Å². The van der Waals surface area contributed by atoms with Crippen molar-refractivity contribution in [2.24, 2.45) is 5.73 Å². The Bertz CT molecular complexity index is 263. The summed E-state index contributed by atoms with van der Waals surface area (Å²) in [5, 5.41) is 20.5. The molecule has 0 saturated carbocycles. The van der Waals surface area contributed by atoms with Gasteiger partial charge in [0.05, 0.1) is 12.6 Å². The van der Waals surface area contributed by atoms with E-state index in [1.54, 1.807) is 6.92 Å². The predicted molar refractivity (Wildman–Crippen MR) is 69.4 cm³/mol. The lowest BCUT2D eigenvalue weighted by Crippen LogP contribution is -2.35. The molecule has 5 N–H and O–H groups in total. The maximum absolute atomic E-state index is 11.4. The highest BCUT2D eigenvalue weighted by molar-refractivity contribution is 5.75. The van der Waals surface area contributed by atoms with Crippen LogP contribution in [0.25, 0.3) is 0 Å². The van der Waals surface area contributed by atoms with Gasteiger partial charge in [-0.3, -0.25) is 4.79 Å². The first kappa shape index (κ1) is 18.0. The van der Waals surface area contributed by atoms with Gasteiger partial charge in [-0.25, -0.2) is 0 Å². The number of rotatable bonds is 11. The number of aliphatic hydroxyl groups is 2. The Hall–Kier alpha value is -1.02. The molecule has 7 heteroatoms. The number of hydrogen-bond donors (Lipinski definition) is 4. The molecule has 0 fully saturated rings. The molecule has 0 aliphatic heterocycles. The number of carbonyl (C=O) groups excluding carboxylic acids is 2. The second-order valence-corrected chi connectivity index (χ2v) is 4.45. The van der Waals surface area contributed by atoms with Crippen LogP contribution in [0.2, 0.25) is 0 Å². The fourth-order valence-electron chi connectivity index (χ4n) is 1.32. The average Bonchev–Trinajstić information content (AvgIpc) is 2.43. The monoisotopic (exact) mass is 276 g/mol. The van der Waals surface area contributed by atoms with Gasteiger partial charge in [0, 0.05) is 0 Å². The SMILES string of the molecule is CC(C=O)NCCCC[C@H](N)C(=O)OCC(O)CO. The molecule has 0 aliphatic carbocycles. The molecule has 0 aromatic rings. The maximum atomic E-state index is 11.4. The topological polar surface area (TPSA) is 122 Å². The van der Waals surface area contributed by atoms with E-state index < -0.39 is 24.7 Å². The molecule has 0 aromatic heterocycles. The van der Waals surface area contributed by atoms with Crippen molar-refractivity contribution in [1.29, 1.82) is 0 Å². The predicted octanol–water partition coefficient (Wildman–Crippen LogP) is -1.44. The lowest BCUT2D eigenvalue weighted by Gasteiger charge is -2.13. The number of carbonyl (C=O) groups is 2. The molecule has 2 unspecified atom stereocenters.